The van der Waals surface area contributed by atoms with Crippen LogP contribution in [0.5, 0.6) is 0 Å². The van der Waals surface area contributed by atoms with Gasteiger partial charge in [0.15, 0.2) is 5.03 Å². The van der Waals surface area contributed by atoms with E-state index in [1.54, 1.807) is 26.6 Å². The van der Waals surface area contributed by atoms with Gasteiger partial charge in [-0.1, -0.05) is 18.5 Å². The number of thiophene rings is 1. The molecule has 0 aromatic carbocycles. The number of aryl methyl sites for hydroxylation is 2. The monoisotopic (exact) mass is 425 g/mol. The van der Waals surface area contributed by atoms with Crippen molar-refractivity contribution in [3.63, 3.8) is 0 Å². The van der Waals surface area contributed by atoms with Crippen LogP contribution in [0.3, 0.4) is 0 Å². The first-order valence-electron chi connectivity index (χ1n) is 7.83. The topological polar surface area (TPSA) is 113 Å². The van der Waals surface area contributed by atoms with Crippen LogP contribution in [0, 0.1) is 10.1 Å². The quantitative estimate of drug-likeness (QED) is 0.356. The van der Waals surface area contributed by atoms with Gasteiger partial charge in [0.05, 0.1) is 9.85 Å². The molecule has 0 saturated carbocycles. The van der Waals surface area contributed by atoms with Gasteiger partial charge in [0.1, 0.15) is 4.70 Å². The lowest BCUT2D eigenvalue weighted by molar-refractivity contribution is -0.392. The second kappa shape index (κ2) is 6.62. The summed E-state index contributed by atoms with van der Waals surface area (Å²) in [7, 11) is 1.66. The Labute approximate surface area is 164 Å². The van der Waals surface area contributed by atoms with Gasteiger partial charge in [-0.3, -0.25) is 13.8 Å². The molecular weight excluding hydrogens is 414 g/mol. The molecule has 0 aliphatic carbocycles. The maximum absolute atomic E-state index is 12.8. The lowest BCUT2D eigenvalue weighted by atomic mass is 10.4. The van der Waals surface area contributed by atoms with Gasteiger partial charge in [-0.15, -0.1) is 21.5 Å². The average molecular weight is 426 g/mol. The molecule has 0 fully saturated rings. The predicted octanol–water partition coefficient (Wildman–Crippen LogP) is 2.96. The minimum atomic E-state index is -0.546. The number of imidazole rings is 1. The van der Waals surface area contributed by atoms with Gasteiger partial charge < -0.3 is 14.7 Å². The Balaban J connectivity index is 2.00. The first-order valence-corrected chi connectivity index (χ1v) is 9.84. The lowest BCUT2D eigenvalue weighted by Crippen LogP contribution is -2.22. The van der Waals surface area contributed by atoms with Gasteiger partial charge in [0.25, 0.3) is 5.56 Å². The number of hydrogen-bond acceptors (Lipinski definition) is 8. The van der Waals surface area contributed by atoms with Gasteiger partial charge in [0.2, 0.25) is 17.3 Å². The Bertz CT molecular complexity index is 1260. The van der Waals surface area contributed by atoms with Gasteiger partial charge in [-0.05, 0) is 34.2 Å². The SMILES string of the molecule is CCCn1c(=O)c2sc(Cl)cc2n2c(Sc3c([N+](=O)[O-])ncn3C)nnc12. The third kappa shape index (κ3) is 2.80. The molecule has 0 unspecified atom stereocenters. The normalized spacial score (nSPS) is 11.7. The molecule has 0 bridgehead atoms. The Hall–Kier alpha value is -2.44. The van der Waals surface area contributed by atoms with Crippen LogP contribution in [-0.4, -0.2) is 33.6 Å². The summed E-state index contributed by atoms with van der Waals surface area (Å²) in [6.45, 7) is 2.43. The number of rotatable bonds is 5. The third-order valence-electron chi connectivity index (χ3n) is 3.89. The summed E-state index contributed by atoms with van der Waals surface area (Å²) in [5.74, 6) is 0.108. The second-order valence-electron chi connectivity index (χ2n) is 5.68. The number of nitrogens with zero attached hydrogens (tertiary/aromatic N) is 7. The summed E-state index contributed by atoms with van der Waals surface area (Å²) in [5.41, 5.74) is 0.404. The molecule has 0 aliphatic rings. The standard InChI is InChI=1S/C14H12ClN7O3S2/c1-3-4-20-11(23)9-7(5-8(15)26-9)21-13(20)17-18-14(21)27-12-10(22(24)25)16-6-19(12)2/h5-6H,3-4H2,1-2H3. The highest BCUT2D eigenvalue weighted by Gasteiger charge is 2.25. The fraction of sp³-hybridized carbons (Fsp3) is 0.286. The Morgan fingerprint density at radius 3 is 2.89 bits per heavy atom. The number of nitro groups is 1. The van der Waals surface area contributed by atoms with Crippen molar-refractivity contribution in [2.24, 2.45) is 7.05 Å². The summed E-state index contributed by atoms with van der Waals surface area (Å²) >= 11 is 8.39. The van der Waals surface area contributed by atoms with Crippen molar-refractivity contribution < 1.29 is 4.92 Å². The lowest BCUT2D eigenvalue weighted by Gasteiger charge is -2.07. The Morgan fingerprint density at radius 2 is 2.19 bits per heavy atom. The molecule has 4 rings (SSSR count). The number of halogens is 1. The third-order valence-corrected chi connectivity index (χ3v) is 6.25. The smallest absolute Gasteiger partial charge is 0.358 e. The van der Waals surface area contributed by atoms with Crippen LogP contribution >= 0.6 is 34.7 Å². The molecule has 0 atom stereocenters. The number of fused-ring (bicyclic) bond motifs is 3. The van der Waals surface area contributed by atoms with E-state index >= 15 is 0 Å². The zero-order chi connectivity index (χ0) is 19.3. The molecule has 140 valence electrons. The molecule has 0 aliphatic heterocycles. The maximum Gasteiger partial charge on any atom is 0.396 e. The van der Waals surface area contributed by atoms with Crippen LogP contribution in [-0.2, 0) is 13.6 Å². The molecule has 4 heterocycles. The van der Waals surface area contributed by atoms with E-state index in [0.29, 0.717) is 37.1 Å². The van der Waals surface area contributed by atoms with E-state index < -0.39 is 4.92 Å². The Kier molecular flexibility index (Phi) is 4.40. The van der Waals surface area contributed by atoms with Crippen molar-refractivity contribution >= 4 is 56.5 Å². The summed E-state index contributed by atoms with van der Waals surface area (Å²) in [5, 5.41) is 20.3. The molecule has 4 aromatic heterocycles. The van der Waals surface area contributed by atoms with Crippen molar-refractivity contribution in [3.8, 4) is 0 Å². The largest absolute Gasteiger partial charge is 0.396 e. The van der Waals surface area contributed by atoms with Crippen LogP contribution in [0.15, 0.2) is 27.4 Å². The molecule has 0 amide bonds. The Morgan fingerprint density at radius 1 is 1.41 bits per heavy atom. The van der Waals surface area contributed by atoms with Crippen molar-refractivity contribution in [2.75, 3.05) is 0 Å². The van der Waals surface area contributed by atoms with Gasteiger partial charge in [-0.2, -0.15) is 0 Å². The van der Waals surface area contributed by atoms with E-state index in [1.165, 1.54) is 17.7 Å². The molecule has 13 heteroatoms. The van der Waals surface area contributed by atoms with E-state index in [-0.39, 0.29) is 11.4 Å². The zero-order valence-electron chi connectivity index (χ0n) is 14.1. The fourth-order valence-electron chi connectivity index (χ4n) is 2.76. The minimum absolute atomic E-state index is 0.174. The average Bonchev–Trinajstić information content (AvgIpc) is 3.30. The molecule has 0 saturated heterocycles. The van der Waals surface area contributed by atoms with Crippen molar-refractivity contribution in [1.82, 2.24) is 28.7 Å². The molecule has 27 heavy (non-hydrogen) atoms. The maximum atomic E-state index is 12.8. The summed E-state index contributed by atoms with van der Waals surface area (Å²) in [6.07, 6.45) is 2.11. The second-order valence-corrected chi connectivity index (χ2v) is 8.32. The summed E-state index contributed by atoms with van der Waals surface area (Å²) < 4.78 is 5.75. The van der Waals surface area contributed by atoms with E-state index in [2.05, 4.69) is 15.2 Å². The van der Waals surface area contributed by atoms with Crippen molar-refractivity contribution in [1.29, 1.82) is 0 Å². The molecule has 4 aromatic rings. The van der Waals surface area contributed by atoms with Crippen molar-refractivity contribution in [2.45, 2.75) is 30.1 Å². The fourth-order valence-corrected chi connectivity index (χ4v) is 4.85. The predicted molar refractivity (Wildman–Crippen MR) is 102 cm³/mol. The van der Waals surface area contributed by atoms with E-state index in [9.17, 15) is 14.9 Å². The molecule has 0 radical (unpaired) electrons. The molecule has 0 spiro atoms. The van der Waals surface area contributed by atoms with Crippen LogP contribution in [0.1, 0.15) is 13.3 Å². The zero-order valence-corrected chi connectivity index (χ0v) is 16.5. The van der Waals surface area contributed by atoms with Crippen LogP contribution < -0.4 is 5.56 Å². The molecule has 10 nitrogen and oxygen atoms in total. The van der Waals surface area contributed by atoms with Crippen LogP contribution in [0.2, 0.25) is 4.34 Å². The van der Waals surface area contributed by atoms with Crippen molar-refractivity contribution in [3.05, 3.63) is 37.2 Å². The highest BCUT2D eigenvalue weighted by atomic mass is 35.5. The van der Waals surface area contributed by atoms with E-state index in [0.717, 1.165) is 18.2 Å². The first kappa shape index (κ1) is 17.9. The van der Waals surface area contributed by atoms with Gasteiger partial charge >= 0.3 is 5.82 Å². The van der Waals surface area contributed by atoms with E-state index in [4.69, 9.17) is 11.6 Å². The van der Waals surface area contributed by atoms with Gasteiger partial charge in [0, 0.05) is 13.6 Å². The van der Waals surface area contributed by atoms with Crippen LogP contribution in [0.4, 0.5) is 5.82 Å². The molecule has 0 N–H and O–H groups in total. The highest BCUT2D eigenvalue weighted by Crippen LogP contribution is 2.35. The van der Waals surface area contributed by atoms with Gasteiger partial charge in [-0.25, -0.2) is 0 Å². The van der Waals surface area contributed by atoms with E-state index in [1.807, 2.05) is 6.92 Å². The first-order chi connectivity index (χ1) is 12.9. The summed E-state index contributed by atoms with van der Waals surface area (Å²) in [4.78, 5) is 27.3. The molecular formula is C14H12ClN7O3S2. The number of aromatic nitrogens is 6. The highest BCUT2D eigenvalue weighted by molar-refractivity contribution is 7.99. The number of hydrogen-bond donors (Lipinski definition) is 0. The van der Waals surface area contributed by atoms with Crippen LogP contribution in [0.25, 0.3) is 16.0 Å². The minimum Gasteiger partial charge on any atom is -0.358 e. The summed E-state index contributed by atoms with van der Waals surface area (Å²) in [6, 6.07) is 1.68.